The average Bonchev–Trinajstić information content (AvgIpc) is 2.62. The minimum atomic E-state index is -1.34. The maximum atomic E-state index is 12.2. The van der Waals surface area contributed by atoms with E-state index in [9.17, 15) is 14.4 Å². The highest BCUT2D eigenvalue weighted by atomic mass is 16.5. The van der Waals surface area contributed by atoms with Crippen LogP contribution in [0.2, 0.25) is 0 Å². The lowest BCUT2D eigenvalue weighted by atomic mass is 10.2. The number of amides is 1. The molecule has 0 radical (unpaired) electrons. The van der Waals surface area contributed by atoms with Crippen molar-refractivity contribution in [3.05, 3.63) is 53.6 Å². The Kier molecular flexibility index (Phi) is 6.16. The number of unbranched alkanes of at least 4 members (excludes halogenated alkanes) is 1. The standard InChI is InChI=1S/C17H17N3O5/c1-2-3-10-25-17(24)11-4-6-12(7-5-11)20-15(21)13-14(16(22)23)19-9-8-18-13/h4-9H,2-3,10H2,1H3,(H,20,21)(H,22,23). The van der Waals surface area contributed by atoms with E-state index in [1.807, 2.05) is 6.92 Å². The number of carboxylic acids is 1. The van der Waals surface area contributed by atoms with Gasteiger partial charge in [0.25, 0.3) is 5.91 Å². The molecule has 0 saturated heterocycles. The van der Waals surface area contributed by atoms with Gasteiger partial charge in [-0.15, -0.1) is 0 Å². The molecule has 0 saturated carbocycles. The van der Waals surface area contributed by atoms with Crippen LogP contribution < -0.4 is 5.32 Å². The van der Waals surface area contributed by atoms with Crippen LogP contribution in [0.5, 0.6) is 0 Å². The SMILES string of the molecule is CCCCOC(=O)c1ccc(NC(=O)c2nccnc2C(=O)O)cc1. The number of rotatable bonds is 7. The van der Waals surface area contributed by atoms with Crippen molar-refractivity contribution in [2.45, 2.75) is 19.8 Å². The van der Waals surface area contributed by atoms with Crippen LogP contribution in [0.25, 0.3) is 0 Å². The van der Waals surface area contributed by atoms with Crippen molar-refractivity contribution < 1.29 is 24.2 Å². The van der Waals surface area contributed by atoms with Gasteiger partial charge < -0.3 is 15.2 Å². The molecule has 2 aromatic rings. The molecule has 0 bridgehead atoms. The van der Waals surface area contributed by atoms with E-state index in [0.717, 1.165) is 12.8 Å². The van der Waals surface area contributed by atoms with Gasteiger partial charge in [0.05, 0.1) is 12.2 Å². The number of carbonyl (C=O) groups is 3. The Morgan fingerprint density at radius 1 is 1.08 bits per heavy atom. The largest absolute Gasteiger partial charge is 0.476 e. The zero-order valence-corrected chi connectivity index (χ0v) is 13.6. The molecule has 1 amide bonds. The number of aromatic nitrogens is 2. The molecule has 0 aliphatic rings. The predicted octanol–water partition coefficient (Wildman–Crippen LogP) is 2.38. The van der Waals surface area contributed by atoms with E-state index in [2.05, 4.69) is 15.3 Å². The summed E-state index contributed by atoms with van der Waals surface area (Å²) in [7, 11) is 0. The van der Waals surface area contributed by atoms with Crippen LogP contribution in [0.1, 0.15) is 51.1 Å². The number of nitrogens with zero attached hydrogens (tertiary/aromatic N) is 2. The molecule has 130 valence electrons. The van der Waals surface area contributed by atoms with Gasteiger partial charge in [-0.2, -0.15) is 0 Å². The summed E-state index contributed by atoms with van der Waals surface area (Å²) in [6.07, 6.45) is 4.15. The number of esters is 1. The Bertz CT molecular complexity index is 774. The molecule has 2 N–H and O–H groups in total. The Hall–Kier alpha value is -3.29. The fourth-order valence-electron chi connectivity index (χ4n) is 1.93. The molecule has 0 atom stereocenters. The minimum Gasteiger partial charge on any atom is -0.476 e. The monoisotopic (exact) mass is 343 g/mol. The van der Waals surface area contributed by atoms with Crippen molar-refractivity contribution in [3.63, 3.8) is 0 Å². The number of hydrogen-bond acceptors (Lipinski definition) is 6. The number of anilines is 1. The van der Waals surface area contributed by atoms with Gasteiger partial charge >= 0.3 is 11.9 Å². The second-order valence-corrected chi connectivity index (χ2v) is 5.08. The summed E-state index contributed by atoms with van der Waals surface area (Å²) in [5, 5.41) is 11.5. The lowest BCUT2D eigenvalue weighted by Gasteiger charge is -2.07. The van der Waals surface area contributed by atoms with Crippen molar-refractivity contribution in [2.24, 2.45) is 0 Å². The molecule has 0 spiro atoms. The lowest BCUT2D eigenvalue weighted by Crippen LogP contribution is -2.19. The molecule has 8 heteroatoms. The van der Waals surface area contributed by atoms with Gasteiger partial charge in [0, 0.05) is 18.1 Å². The third-order valence-corrected chi connectivity index (χ3v) is 3.23. The molecular formula is C17H17N3O5. The zero-order valence-electron chi connectivity index (χ0n) is 13.6. The van der Waals surface area contributed by atoms with Gasteiger partial charge in [-0.3, -0.25) is 4.79 Å². The lowest BCUT2D eigenvalue weighted by molar-refractivity contribution is 0.0499. The highest BCUT2D eigenvalue weighted by molar-refractivity contribution is 6.08. The molecule has 0 aliphatic heterocycles. The third kappa shape index (κ3) is 4.84. The number of hydrogen-bond donors (Lipinski definition) is 2. The summed E-state index contributed by atoms with van der Waals surface area (Å²) >= 11 is 0. The smallest absolute Gasteiger partial charge is 0.356 e. The van der Waals surface area contributed by atoms with E-state index < -0.39 is 23.5 Å². The number of benzene rings is 1. The molecule has 1 aromatic carbocycles. The van der Waals surface area contributed by atoms with Gasteiger partial charge in [-0.05, 0) is 30.7 Å². The summed E-state index contributed by atoms with van der Waals surface area (Å²) in [6, 6.07) is 6.06. The van der Waals surface area contributed by atoms with Crippen molar-refractivity contribution in [2.75, 3.05) is 11.9 Å². The first-order chi connectivity index (χ1) is 12.0. The first-order valence-electron chi connectivity index (χ1n) is 7.65. The molecule has 25 heavy (non-hydrogen) atoms. The maximum absolute atomic E-state index is 12.2. The summed E-state index contributed by atoms with van der Waals surface area (Å²) in [5.41, 5.74) is 0.0195. The number of carboxylic acid groups (broad SMARTS) is 1. The van der Waals surface area contributed by atoms with Gasteiger partial charge in [-0.1, -0.05) is 13.3 Å². The molecule has 0 unspecified atom stereocenters. The molecule has 2 rings (SSSR count). The Morgan fingerprint density at radius 3 is 2.32 bits per heavy atom. The molecule has 1 aromatic heterocycles. The zero-order chi connectivity index (χ0) is 18.2. The van der Waals surface area contributed by atoms with Crippen molar-refractivity contribution >= 4 is 23.5 Å². The minimum absolute atomic E-state index is 0.293. The van der Waals surface area contributed by atoms with Gasteiger partial charge in [0.15, 0.2) is 11.4 Å². The summed E-state index contributed by atoms with van der Waals surface area (Å²) in [6.45, 7) is 2.36. The molecular weight excluding hydrogens is 326 g/mol. The second-order valence-electron chi connectivity index (χ2n) is 5.08. The molecule has 8 nitrogen and oxygen atoms in total. The average molecular weight is 343 g/mol. The van der Waals surface area contributed by atoms with Crippen LogP contribution in [-0.4, -0.2) is 39.5 Å². The highest BCUT2D eigenvalue weighted by Gasteiger charge is 2.19. The van der Waals surface area contributed by atoms with Crippen LogP contribution in [0, 0.1) is 0 Å². The summed E-state index contributed by atoms with van der Waals surface area (Å²) in [4.78, 5) is 42.4. The van der Waals surface area contributed by atoms with Crippen LogP contribution >= 0.6 is 0 Å². The normalized spacial score (nSPS) is 10.1. The number of nitrogens with one attached hydrogen (secondary N) is 1. The fourth-order valence-corrected chi connectivity index (χ4v) is 1.93. The van der Waals surface area contributed by atoms with Crippen LogP contribution in [0.15, 0.2) is 36.7 Å². The summed E-state index contributed by atoms with van der Waals surface area (Å²) < 4.78 is 5.09. The van der Waals surface area contributed by atoms with Gasteiger partial charge in [0.2, 0.25) is 0 Å². The third-order valence-electron chi connectivity index (χ3n) is 3.23. The van der Waals surface area contributed by atoms with Crippen molar-refractivity contribution in [1.82, 2.24) is 9.97 Å². The van der Waals surface area contributed by atoms with E-state index in [1.54, 1.807) is 0 Å². The highest BCUT2D eigenvalue weighted by Crippen LogP contribution is 2.13. The first-order valence-corrected chi connectivity index (χ1v) is 7.65. The van der Waals surface area contributed by atoms with E-state index in [-0.39, 0.29) is 5.69 Å². The van der Waals surface area contributed by atoms with E-state index in [0.29, 0.717) is 17.9 Å². The van der Waals surface area contributed by atoms with E-state index in [4.69, 9.17) is 9.84 Å². The van der Waals surface area contributed by atoms with E-state index in [1.165, 1.54) is 36.7 Å². The quantitative estimate of drug-likeness (QED) is 0.585. The van der Waals surface area contributed by atoms with Crippen molar-refractivity contribution in [3.8, 4) is 0 Å². The van der Waals surface area contributed by atoms with Crippen LogP contribution in [-0.2, 0) is 4.74 Å². The first kappa shape index (κ1) is 18.1. The van der Waals surface area contributed by atoms with Crippen molar-refractivity contribution in [1.29, 1.82) is 0 Å². The van der Waals surface area contributed by atoms with Gasteiger partial charge in [0.1, 0.15) is 0 Å². The number of aromatic carboxylic acids is 1. The van der Waals surface area contributed by atoms with Crippen LogP contribution in [0.4, 0.5) is 5.69 Å². The number of carbonyl (C=O) groups excluding carboxylic acids is 2. The second kappa shape index (κ2) is 8.53. The number of ether oxygens (including phenoxy) is 1. The Balaban J connectivity index is 2.05. The van der Waals surface area contributed by atoms with Crippen LogP contribution in [0.3, 0.4) is 0 Å². The molecule has 1 heterocycles. The maximum Gasteiger partial charge on any atom is 0.356 e. The topological polar surface area (TPSA) is 118 Å². The van der Waals surface area contributed by atoms with Gasteiger partial charge in [-0.25, -0.2) is 19.6 Å². The Morgan fingerprint density at radius 2 is 1.72 bits per heavy atom. The van der Waals surface area contributed by atoms with E-state index >= 15 is 0 Å². The predicted molar refractivity (Wildman–Crippen MR) is 88.6 cm³/mol. The Labute approximate surface area is 143 Å². The fraction of sp³-hybridized carbons (Fsp3) is 0.235. The summed E-state index contributed by atoms with van der Waals surface area (Å²) in [5.74, 6) is -2.49. The molecule has 0 aliphatic carbocycles. The molecule has 0 fully saturated rings.